The van der Waals surface area contributed by atoms with Gasteiger partial charge in [-0.05, 0) is 25.1 Å². The molecule has 96 valence electrons. The molecule has 1 heterocycles. The molecule has 0 unspecified atom stereocenters. The summed E-state index contributed by atoms with van der Waals surface area (Å²) >= 11 is 0. The molecular formula is C13H16N2O3. The van der Waals surface area contributed by atoms with Crippen LogP contribution in [0.25, 0.3) is 0 Å². The van der Waals surface area contributed by atoms with E-state index in [0.717, 1.165) is 5.69 Å². The van der Waals surface area contributed by atoms with Gasteiger partial charge in [-0.2, -0.15) is 0 Å². The van der Waals surface area contributed by atoms with E-state index in [1.165, 1.54) is 7.11 Å². The molecule has 2 N–H and O–H groups in total. The lowest BCUT2D eigenvalue weighted by atomic mass is 10.0. The fourth-order valence-corrected chi connectivity index (χ4v) is 1.76. The van der Waals surface area contributed by atoms with Gasteiger partial charge in [0.2, 0.25) is 0 Å². The van der Waals surface area contributed by atoms with Crippen molar-refractivity contribution in [3.05, 3.63) is 29.3 Å². The van der Waals surface area contributed by atoms with Crippen LogP contribution in [-0.2, 0) is 9.47 Å². The highest BCUT2D eigenvalue weighted by molar-refractivity contribution is 6.03. The number of methoxy groups -OCH3 is 1. The smallest absolute Gasteiger partial charge is 0.337 e. The second-order valence-corrected chi connectivity index (χ2v) is 4.26. The maximum Gasteiger partial charge on any atom is 0.337 e. The number of carbonyl (C=O) groups excluding carboxylic acids is 1. The Labute approximate surface area is 106 Å². The van der Waals surface area contributed by atoms with Crippen LogP contribution < -0.4 is 5.32 Å². The Kier molecular flexibility index (Phi) is 3.62. The SMILES string of the molecule is COC(=O)c1ccc(NC2COC2)c(C(C)=N)c1. The van der Waals surface area contributed by atoms with Crippen molar-refractivity contribution in [2.75, 3.05) is 25.6 Å². The molecule has 0 aromatic heterocycles. The normalized spacial score (nSPS) is 14.8. The molecule has 0 saturated carbocycles. The van der Waals surface area contributed by atoms with Gasteiger partial charge in [0.05, 0.1) is 31.9 Å². The molecule has 5 heteroatoms. The van der Waals surface area contributed by atoms with Crippen molar-refractivity contribution in [2.45, 2.75) is 13.0 Å². The van der Waals surface area contributed by atoms with E-state index in [4.69, 9.17) is 10.1 Å². The molecule has 0 atom stereocenters. The Bertz CT molecular complexity index is 481. The lowest BCUT2D eigenvalue weighted by molar-refractivity contribution is 0.0211. The molecule has 0 bridgehead atoms. The first-order chi connectivity index (χ1) is 8.61. The minimum absolute atomic E-state index is 0.284. The third-order valence-corrected chi connectivity index (χ3v) is 2.84. The minimum Gasteiger partial charge on any atom is -0.465 e. The van der Waals surface area contributed by atoms with Gasteiger partial charge in [-0.3, -0.25) is 0 Å². The highest BCUT2D eigenvalue weighted by atomic mass is 16.5. The largest absolute Gasteiger partial charge is 0.465 e. The molecule has 0 spiro atoms. The quantitative estimate of drug-likeness (QED) is 0.628. The minimum atomic E-state index is -0.393. The van der Waals surface area contributed by atoms with Gasteiger partial charge in [0.1, 0.15) is 0 Å². The summed E-state index contributed by atoms with van der Waals surface area (Å²) in [6, 6.07) is 5.46. The molecule has 0 amide bonds. The molecule has 0 aliphatic carbocycles. The molecule has 1 aliphatic rings. The van der Waals surface area contributed by atoms with Gasteiger partial charge in [-0.25, -0.2) is 4.79 Å². The molecule has 18 heavy (non-hydrogen) atoms. The molecule has 5 nitrogen and oxygen atoms in total. The number of esters is 1. The van der Waals surface area contributed by atoms with Gasteiger partial charge in [0.15, 0.2) is 0 Å². The number of ether oxygens (including phenoxy) is 2. The summed E-state index contributed by atoms with van der Waals surface area (Å²) < 4.78 is 9.77. The van der Waals surface area contributed by atoms with E-state index in [9.17, 15) is 4.79 Å². The van der Waals surface area contributed by atoms with Crippen LogP contribution in [0.1, 0.15) is 22.8 Å². The summed E-state index contributed by atoms with van der Waals surface area (Å²) in [5, 5.41) is 11.1. The standard InChI is InChI=1S/C13H16N2O3/c1-8(14)11-5-9(13(16)17-2)3-4-12(11)15-10-6-18-7-10/h3-5,10,14-15H,6-7H2,1-2H3. The van der Waals surface area contributed by atoms with Gasteiger partial charge in [-0.1, -0.05) is 0 Å². The van der Waals surface area contributed by atoms with Crippen molar-refractivity contribution in [3.8, 4) is 0 Å². The average molecular weight is 248 g/mol. The molecule has 0 radical (unpaired) electrons. The van der Waals surface area contributed by atoms with Gasteiger partial charge in [0.25, 0.3) is 0 Å². The van der Waals surface area contributed by atoms with Gasteiger partial charge >= 0.3 is 5.97 Å². The van der Waals surface area contributed by atoms with E-state index in [1.807, 2.05) is 0 Å². The zero-order valence-electron chi connectivity index (χ0n) is 10.4. The Morgan fingerprint density at radius 1 is 1.50 bits per heavy atom. The molecule has 1 aliphatic heterocycles. The van der Waals surface area contributed by atoms with Crippen LogP contribution in [0.5, 0.6) is 0 Å². The van der Waals surface area contributed by atoms with Crippen LogP contribution in [0, 0.1) is 5.41 Å². The van der Waals surface area contributed by atoms with Crippen LogP contribution in [0.15, 0.2) is 18.2 Å². The van der Waals surface area contributed by atoms with E-state index < -0.39 is 5.97 Å². The van der Waals surface area contributed by atoms with Gasteiger partial charge in [0, 0.05) is 17.0 Å². The fourth-order valence-electron chi connectivity index (χ4n) is 1.76. The Morgan fingerprint density at radius 2 is 2.22 bits per heavy atom. The first-order valence-corrected chi connectivity index (χ1v) is 5.74. The van der Waals surface area contributed by atoms with Crippen molar-refractivity contribution in [1.82, 2.24) is 0 Å². The molecular weight excluding hydrogens is 232 g/mol. The van der Waals surface area contributed by atoms with Gasteiger partial charge in [-0.15, -0.1) is 0 Å². The second-order valence-electron chi connectivity index (χ2n) is 4.26. The van der Waals surface area contributed by atoms with Crippen molar-refractivity contribution < 1.29 is 14.3 Å². The van der Waals surface area contributed by atoms with Crippen molar-refractivity contribution in [1.29, 1.82) is 5.41 Å². The lowest BCUT2D eigenvalue weighted by Crippen LogP contribution is -2.40. The first-order valence-electron chi connectivity index (χ1n) is 5.74. The molecule has 1 saturated heterocycles. The summed E-state index contributed by atoms with van der Waals surface area (Å²) in [4.78, 5) is 11.5. The van der Waals surface area contributed by atoms with Crippen molar-refractivity contribution >= 4 is 17.4 Å². The lowest BCUT2D eigenvalue weighted by Gasteiger charge is -2.28. The van der Waals surface area contributed by atoms with Crippen LogP contribution in [0.2, 0.25) is 0 Å². The predicted octanol–water partition coefficient (Wildman–Crippen LogP) is 1.67. The van der Waals surface area contributed by atoms with E-state index >= 15 is 0 Å². The number of anilines is 1. The third kappa shape index (κ3) is 2.51. The summed E-state index contributed by atoms with van der Waals surface area (Å²) in [6.07, 6.45) is 0. The maximum atomic E-state index is 11.5. The summed E-state index contributed by atoms with van der Waals surface area (Å²) in [5.41, 5.74) is 2.42. The number of carbonyl (C=O) groups is 1. The van der Waals surface area contributed by atoms with E-state index in [0.29, 0.717) is 30.1 Å². The van der Waals surface area contributed by atoms with Gasteiger partial charge < -0.3 is 20.2 Å². The second kappa shape index (κ2) is 5.18. The average Bonchev–Trinajstić information content (AvgIpc) is 2.32. The zero-order valence-corrected chi connectivity index (χ0v) is 10.4. The Morgan fingerprint density at radius 3 is 2.72 bits per heavy atom. The number of rotatable bonds is 4. The summed E-state index contributed by atoms with van der Waals surface area (Å²) in [6.45, 7) is 3.04. The number of hydrogen-bond acceptors (Lipinski definition) is 5. The summed E-state index contributed by atoms with van der Waals surface area (Å²) in [5.74, 6) is -0.393. The van der Waals surface area contributed by atoms with Crippen LogP contribution >= 0.6 is 0 Å². The van der Waals surface area contributed by atoms with Crippen LogP contribution in [0.4, 0.5) is 5.69 Å². The van der Waals surface area contributed by atoms with E-state index in [1.54, 1.807) is 25.1 Å². The molecule has 1 fully saturated rings. The number of nitrogens with one attached hydrogen (secondary N) is 2. The molecule has 1 aromatic rings. The van der Waals surface area contributed by atoms with Crippen molar-refractivity contribution in [3.63, 3.8) is 0 Å². The highest BCUT2D eigenvalue weighted by Crippen LogP contribution is 2.21. The Balaban J connectivity index is 2.28. The molecule has 1 aromatic carbocycles. The van der Waals surface area contributed by atoms with Crippen LogP contribution in [0.3, 0.4) is 0 Å². The van der Waals surface area contributed by atoms with E-state index in [-0.39, 0.29) is 6.04 Å². The summed E-state index contributed by atoms with van der Waals surface area (Å²) in [7, 11) is 1.34. The third-order valence-electron chi connectivity index (χ3n) is 2.84. The van der Waals surface area contributed by atoms with Crippen LogP contribution in [-0.4, -0.2) is 38.0 Å². The topological polar surface area (TPSA) is 71.4 Å². The predicted molar refractivity (Wildman–Crippen MR) is 68.5 cm³/mol. The molecule has 2 rings (SSSR count). The first kappa shape index (κ1) is 12.6. The monoisotopic (exact) mass is 248 g/mol. The highest BCUT2D eigenvalue weighted by Gasteiger charge is 2.20. The number of hydrogen-bond donors (Lipinski definition) is 2. The Hall–Kier alpha value is -1.88. The number of benzene rings is 1. The fraction of sp³-hybridized carbons (Fsp3) is 0.385. The van der Waals surface area contributed by atoms with E-state index in [2.05, 4.69) is 10.1 Å². The maximum absolute atomic E-state index is 11.5. The zero-order chi connectivity index (χ0) is 13.1. The van der Waals surface area contributed by atoms with Crippen molar-refractivity contribution in [2.24, 2.45) is 0 Å².